The third-order valence-electron chi connectivity index (χ3n) is 3.33. The van der Waals surface area contributed by atoms with E-state index in [1.807, 2.05) is 0 Å². The monoisotopic (exact) mass is 252 g/mol. The van der Waals surface area contributed by atoms with Crippen LogP contribution in [0, 0.1) is 5.92 Å². The second kappa shape index (κ2) is 5.51. The third-order valence-corrected chi connectivity index (χ3v) is 4.03. The molecule has 2 atom stereocenters. The Hall–Kier alpha value is -0.380. The molecule has 1 aliphatic rings. The lowest BCUT2D eigenvalue weighted by Crippen LogP contribution is -2.42. The van der Waals surface area contributed by atoms with Crippen LogP contribution in [-0.4, -0.2) is 23.5 Å². The number of nitrogens with two attached hydrogens (primary N) is 1. The van der Waals surface area contributed by atoms with Gasteiger partial charge in [-0.2, -0.15) is 11.3 Å². The number of hydrogen-bond donors (Lipinski definition) is 1. The molecule has 1 aliphatic carbocycles. The molecule has 1 aromatic heterocycles. The molecule has 2 nitrogen and oxygen atoms in total. The van der Waals surface area contributed by atoms with Crippen molar-refractivity contribution in [3.8, 4) is 0 Å². The first kappa shape index (κ1) is 13.1. The highest BCUT2D eigenvalue weighted by Gasteiger charge is 2.36. The fourth-order valence-electron chi connectivity index (χ4n) is 2.56. The summed E-state index contributed by atoms with van der Waals surface area (Å²) < 4.78 is 0. The second-order valence-electron chi connectivity index (χ2n) is 5.68. The first-order chi connectivity index (χ1) is 8.09. The molecule has 0 saturated heterocycles. The minimum atomic E-state index is 0.198. The van der Waals surface area contributed by atoms with Crippen LogP contribution in [0.2, 0.25) is 0 Å². The van der Waals surface area contributed by atoms with Gasteiger partial charge in [-0.05, 0) is 48.1 Å². The van der Waals surface area contributed by atoms with Crippen molar-refractivity contribution in [3.63, 3.8) is 0 Å². The molecule has 1 saturated carbocycles. The lowest BCUT2D eigenvalue weighted by molar-refractivity contribution is 0.148. The van der Waals surface area contributed by atoms with Crippen LogP contribution in [-0.2, 0) is 0 Å². The van der Waals surface area contributed by atoms with Crippen LogP contribution in [0.1, 0.15) is 45.2 Å². The summed E-state index contributed by atoms with van der Waals surface area (Å²) in [6, 6.07) is 3.60. The van der Waals surface area contributed by atoms with Crippen LogP contribution >= 0.6 is 11.3 Å². The molecule has 1 heterocycles. The van der Waals surface area contributed by atoms with E-state index >= 15 is 0 Å². The molecule has 1 fully saturated rings. The Balaban J connectivity index is 2.17. The lowest BCUT2D eigenvalue weighted by atomic mass is 10.0. The van der Waals surface area contributed by atoms with Gasteiger partial charge >= 0.3 is 0 Å². The van der Waals surface area contributed by atoms with Crippen molar-refractivity contribution in [2.45, 2.75) is 51.7 Å². The Labute approximate surface area is 109 Å². The van der Waals surface area contributed by atoms with E-state index in [0.29, 0.717) is 12.0 Å². The Morgan fingerprint density at radius 2 is 2.12 bits per heavy atom. The van der Waals surface area contributed by atoms with E-state index in [2.05, 4.69) is 42.5 Å². The number of nitrogens with zero attached hydrogens (tertiary/aromatic N) is 1. The molecule has 1 aromatic rings. The van der Waals surface area contributed by atoms with Gasteiger partial charge in [0.25, 0.3) is 0 Å². The largest absolute Gasteiger partial charge is 0.326 e. The summed E-state index contributed by atoms with van der Waals surface area (Å²) in [6.45, 7) is 7.88. The van der Waals surface area contributed by atoms with Crippen molar-refractivity contribution in [1.29, 1.82) is 0 Å². The van der Waals surface area contributed by atoms with Gasteiger partial charge in [0.05, 0.1) is 6.04 Å². The van der Waals surface area contributed by atoms with E-state index in [1.165, 1.54) is 18.4 Å². The van der Waals surface area contributed by atoms with Crippen molar-refractivity contribution < 1.29 is 0 Å². The fourth-order valence-corrected chi connectivity index (χ4v) is 3.25. The van der Waals surface area contributed by atoms with Crippen LogP contribution in [0.4, 0.5) is 0 Å². The van der Waals surface area contributed by atoms with Crippen molar-refractivity contribution in [3.05, 3.63) is 22.4 Å². The summed E-state index contributed by atoms with van der Waals surface area (Å²) in [5.74, 6) is 0.704. The number of rotatable bonds is 6. The minimum absolute atomic E-state index is 0.198. The Bertz CT molecular complexity index is 328. The lowest BCUT2D eigenvalue weighted by Gasteiger charge is -2.35. The quantitative estimate of drug-likeness (QED) is 0.842. The maximum atomic E-state index is 6.23. The number of hydrogen-bond acceptors (Lipinski definition) is 3. The Morgan fingerprint density at radius 3 is 2.53 bits per heavy atom. The first-order valence-electron chi connectivity index (χ1n) is 6.63. The summed E-state index contributed by atoms with van der Waals surface area (Å²) >= 11 is 1.77. The molecule has 2 unspecified atom stereocenters. The standard InChI is InChI=1S/C14H24N2S/c1-10(2)8-16(13-4-5-13)14(11(3)15)12-6-7-17-9-12/h6-7,9-11,13-14H,4-5,8,15H2,1-3H3. The van der Waals surface area contributed by atoms with Crippen molar-refractivity contribution in [2.75, 3.05) is 6.54 Å². The van der Waals surface area contributed by atoms with Gasteiger partial charge in [-0.15, -0.1) is 0 Å². The van der Waals surface area contributed by atoms with Crippen LogP contribution in [0.25, 0.3) is 0 Å². The summed E-state index contributed by atoms with van der Waals surface area (Å²) in [6.07, 6.45) is 2.69. The molecule has 2 N–H and O–H groups in total. The summed E-state index contributed by atoms with van der Waals surface area (Å²) in [5.41, 5.74) is 7.63. The van der Waals surface area contributed by atoms with E-state index in [9.17, 15) is 0 Å². The summed E-state index contributed by atoms with van der Waals surface area (Å²) in [4.78, 5) is 2.64. The van der Waals surface area contributed by atoms with E-state index in [-0.39, 0.29) is 6.04 Å². The Morgan fingerprint density at radius 1 is 1.41 bits per heavy atom. The zero-order valence-corrected chi connectivity index (χ0v) is 11.9. The minimum Gasteiger partial charge on any atom is -0.326 e. The van der Waals surface area contributed by atoms with Gasteiger partial charge < -0.3 is 5.73 Å². The molecule has 0 spiro atoms. The normalized spacial score (nSPS) is 19.9. The predicted molar refractivity (Wildman–Crippen MR) is 75.3 cm³/mol. The zero-order valence-electron chi connectivity index (χ0n) is 11.1. The zero-order chi connectivity index (χ0) is 12.4. The number of thiophene rings is 1. The highest BCUT2D eigenvalue weighted by molar-refractivity contribution is 7.07. The molecular formula is C14H24N2S. The third kappa shape index (κ3) is 3.30. The topological polar surface area (TPSA) is 29.3 Å². The van der Waals surface area contributed by atoms with Crippen LogP contribution in [0.15, 0.2) is 16.8 Å². The highest BCUT2D eigenvalue weighted by atomic mass is 32.1. The summed E-state index contributed by atoms with van der Waals surface area (Å²) in [5, 5.41) is 4.41. The van der Waals surface area contributed by atoms with Gasteiger partial charge in [0.15, 0.2) is 0 Å². The predicted octanol–water partition coefficient (Wildman–Crippen LogP) is 3.26. The molecular weight excluding hydrogens is 228 g/mol. The van der Waals surface area contributed by atoms with Gasteiger partial charge in [-0.3, -0.25) is 4.90 Å². The fraction of sp³-hybridized carbons (Fsp3) is 0.714. The SMILES string of the molecule is CC(C)CN(C1CC1)C(c1ccsc1)C(C)N. The molecule has 0 aliphatic heterocycles. The van der Waals surface area contributed by atoms with Crippen molar-refractivity contribution in [1.82, 2.24) is 4.90 Å². The van der Waals surface area contributed by atoms with Gasteiger partial charge in [-0.25, -0.2) is 0 Å². The van der Waals surface area contributed by atoms with Crippen LogP contribution in [0.3, 0.4) is 0 Å². The highest BCUT2D eigenvalue weighted by Crippen LogP contribution is 2.36. The van der Waals surface area contributed by atoms with Gasteiger partial charge in [0.2, 0.25) is 0 Å². The van der Waals surface area contributed by atoms with Gasteiger partial charge in [0, 0.05) is 18.6 Å². The Kier molecular flexibility index (Phi) is 4.23. The van der Waals surface area contributed by atoms with Crippen LogP contribution < -0.4 is 5.73 Å². The average Bonchev–Trinajstić information content (AvgIpc) is 2.95. The van der Waals surface area contributed by atoms with E-state index in [0.717, 1.165) is 12.6 Å². The molecule has 0 radical (unpaired) electrons. The smallest absolute Gasteiger partial charge is 0.0507 e. The van der Waals surface area contributed by atoms with Gasteiger partial charge in [-0.1, -0.05) is 13.8 Å². The molecule has 96 valence electrons. The molecule has 0 amide bonds. The molecule has 3 heteroatoms. The van der Waals surface area contributed by atoms with Crippen molar-refractivity contribution in [2.24, 2.45) is 11.7 Å². The summed E-state index contributed by atoms with van der Waals surface area (Å²) in [7, 11) is 0. The maximum absolute atomic E-state index is 6.23. The van der Waals surface area contributed by atoms with E-state index in [4.69, 9.17) is 5.73 Å². The first-order valence-corrected chi connectivity index (χ1v) is 7.57. The molecule has 0 aromatic carbocycles. The van der Waals surface area contributed by atoms with E-state index < -0.39 is 0 Å². The molecule has 2 rings (SSSR count). The molecule has 17 heavy (non-hydrogen) atoms. The van der Waals surface area contributed by atoms with Crippen LogP contribution in [0.5, 0.6) is 0 Å². The average molecular weight is 252 g/mol. The maximum Gasteiger partial charge on any atom is 0.0507 e. The molecule has 0 bridgehead atoms. The van der Waals surface area contributed by atoms with Gasteiger partial charge in [0.1, 0.15) is 0 Å². The van der Waals surface area contributed by atoms with E-state index in [1.54, 1.807) is 11.3 Å². The second-order valence-corrected chi connectivity index (χ2v) is 6.46. The van der Waals surface area contributed by atoms with Crippen molar-refractivity contribution >= 4 is 11.3 Å².